The maximum absolute atomic E-state index is 11.4. The number of carbonyl (C=O) groups is 1. The van der Waals surface area contributed by atoms with Crippen LogP contribution in [0.3, 0.4) is 0 Å². The van der Waals surface area contributed by atoms with Crippen molar-refractivity contribution >= 4 is 21.9 Å². The van der Waals surface area contributed by atoms with E-state index >= 15 is 0 Å². The van der Waals surface area contributed by atoms with Crippen LogP contribution in [0, 0.1) is 0 Å². The van der Waals surface area contributed by atoms with E-state index in [0.717, 1.165) is 17.3 Å². The third-order valence-electron chi connectivity index (χ3n) is 2.25. The molecule has 0 aromatic heterocycles. The Kier molecular flexibility index (Phi) is 6.57. The number of unbranched alkanes of at least 4 members (excludes halogenated alkanes) is 1. The molecule has 1 aromatic carbocycles. The van der Waals surface area contributed by atoms with E-state index in [1.165, 1.54) is 0 Å². The first-order valence-electron chi connectivity index (χ1n) is 5.80. The molecule has 0 aliphatic heterocycles. The number of esters is 1. The molecular weight excluding hydrogens is 300 g/mol. The van der Waals surface area contributed by atoms with Crippen LogP contribution in [0.25, 0.3) is 0 Å². The quantitative estimate of drug-likeness (QED) is 0.572. The Morgan fingerprint density at radius 1 is 1.39 bits per heavy atom. The molecule has 5 heteroatoms. The monoisotopic (exact) mass is 316 g/mol. The summed E-state index contributed by atoms with van der Waals surface area (Å²) >= 11 is 3.34. The van der Waals surface area contributed by atoms with Crippen LogP contribution in [0.2, 0.25) is 0 Å². The lowest BCUT2D eigenvalue weighted by Crippen LogP contribution is -2.15. The molecule has 0 saturated heterocycles. The highest BCUT2D eigenvalue weighted by atomic mass is 79.9. The Balaban J connectivity index is 2.50. The van der Waals surface area contributed by atoms with Gasteiger partial charge in [-0.25, -0.2) is 4.79 Å². The average Bonchev–Trinajstić information content (AvgIpc) is 2.37. The normalized spacial score (nSPS) is 9.94. The lowest BCUT2D eigenvalue weighted by molar-refractivity contribution is -0.146. The number of halogens is 1. The van der Waals surface area contributed by atoms with Crippen molar-refractivity contribution in [1.29, 1.82) is 0 Å². The molecule has 0 saturated carbocycles. The van der Waals surface area contributed by atoms with Gasteiger partial charge in [-0.05, 0) is 34.5 Å². The fraction of sp³-hybridized carbons (Fsp3) is 0.462. The van der Waals surface area contributed by atoms with E-state index in [1.807, 2.05) is 19.1 Å². The molecule has 1 rings (SSSR count). The zero-order chi connectivity index (χ0) is 13.4. The molecule has 0 N–H and O–H groups in total. The van der Waals surface area contributed by atoms with Gasteiger partial charge in [-0.2, -0.15) is 0 Å². The van der Waals surface area contributed by atoms with Gasteiger partial charge in [0.25, 0.3) is 0 Å². The summed E-state index contributed by atoms with van der Waals surface area (Å²) < 4.78 is 16.3. The number of hydrogen-bond donors (Lipinski definition) is 0. The maximum atomic E-state index is 11.4. The van der Waals surface area contributed by atoms with Crippen molar-refractivity contribution in [2.75, 3.05) is 20.3 Å². The molecule has 18 heavy (non-hydrogen) atoms. The third kappa shape index (κ3) is 4.56. The van der Waals surface area contributed by atoms with E-state index in [-0.39, 0.29) is 12.6 Å². The third-order valence-corrected chi connectivity index (χ3v) is 2.87. The zero-order valence-corrected chi connectivity index (χ0v) is 12.2. The summed E-state index contributed by atoms with van der Waals surface area (Å²) in [5.74, 6) is 0.708. The van der Waals surface area contributed by atoms with Gasteiger partial charge >= 0.3 is 5.97 Å². The number of rotatable bonds is 7. The van der Waals surface area contributed by atoms with E-state index in [2.05, 4.69) is 15.9 Å². The topological polar surface area (TPSA) is 44.8 Å². The van der Waals surface area contributed by atoms with Crippen molar-refractivity contribution in [1.82, 2.24) is 0 Å². The van der Waals surface area contributed by atoms with Crippen LogP contribution in [-0.4, -0.2) is 26.3 Å². The van der Waals surface area contributed by atoms with Gasteiger partial charge < -0.3 is 14.2 Å². The standard InChI is InChI=1S/C13H17BrO4/c1-3-4-8-17-12(15)9-18-13-10(14)6-5-7-11(13)16-2/h5-7H,3-4,8-9H2,1-2H3. The first-order valence-corrected chi connectivity index (χ1v) is 6.59. The molecule has 0 amide bonds. The summed E-state index contributed by atoms with van der Waals surface area (Å²) in [5.41, 5.74) is 0. The van der Waals surface area contributed by atoms with Crippen molar-refractivity contribution in [3.05, 3.63) is 22.7 Å². The van der Waals surface area contributed by atoms with E-state index in [1.54, 1.807) is 13.2 Å². The van der Waals surface area contributed by atoms with Crippen LogP contribution < -0.4 is 9.47 Å². The molecule has 0 unspecified atom stereocenters. The maximum Gasteiger partial charge on any atom is 0.344 e. The van der Waals surface area contributed by atoms with E-state index < -0.39 is 0 Å². The van der Waals surface area contributed by atoms with Gasteiger partial charge in [0, 0.05) is 0 Å². The number of methoxy groups -OCH3 is 1. The number of ether oxygens (including phenoxy) is 3. The molecule has 0 fully saturated rings. The van der Waals surface area contributed by atoms with Gasteiger partial charge in [-0.15, -0.1) is 0 Å². The fourth-order valence-corrected chi connectivity index (χ4v) is 1.76. The second kappa shape index (κ2) is 7.97. The fourth-order valence-electron chi connectivity index (χ4n) is 1.29. The van der Waals surface area contributed by atoms with Crippen molar-refractivity contribution in [2.45, 2.75) is 19.8 Å². The predicted octanol–water partition coefficient (Wildman–Crippen LogP) is 3.18. The Morgan fingerprint density at radius 2 is 2.17 bits per heavy atom. The summed E-state index contributed by atoms with van der Waals surface area (Å²) in [6.45, 7) is 2.35. The molecular formula is C13H17BrO4. The molecule has 100 valence electrons. The first kappa shape index (κ1) is 14.8. The van der Waals surface area contributed by atoms with Crippen molar-refractivity contribution in [2.24, 2.45) is 0 Å². The molecule has 0 spiro atoms. The van der Waals surface area contributed by atoms with Crippen molar-refractivity contribution in [3.8, 4) is 11.5 Å². The number of hydrogen-bond acceptors (Lipinski definition) is 4. The second-order valence-corrected chi connectivity index (χ2v) is 4.49. The lowest BCUT2D eigenvalue weighted by Gasteiger charge is -2.11. The molecule has 0 atom stereocenters. The van der Waals surface area contributed by atoms with E-state index in [0.29, 0.717) is 18.1 Å². The number of carbonyl (C=O) groups excluding carboxylic acids is 1. The van der Waals surface area contributed by atoms with Crippen LogP contribution in [-0.2, 0) is 9.53 Å². The first-order chi connectivity index (χ1) is 8.69. The van der Waals surface area contributed by atoms with Gasteiger partial charge in [-0.1, -0.05) is 19.4 Å². The Hall–Kier alpha value is -1.23. The van der Waals surface area contributed by atoms with Crippen molar-refractivity contribution in [3.63, 3.8) is 0 Å². The highest BCUT2D eigenvalue weighted by molar-refractivity contribution is 9.10. The molecule has 0 aliphatic carbocycles. The van der Waals surface area contributed by atoms with E-state index in [4.69, 9.17) is 14.2 Å². The molecule has 0 aliphatic rings. The van der Waals surface area contributed by atoms with Gasteiger partial charge in [0.2, 0.25) is 0 Å². The second-order valence-electron chi connectivity index (χ2n) is 3.63. The number of para-hydroxylation sites is 1. The van der Waals surface area contributed by atoms with Crippen LogP contribution >= 0.6 is 15.9 Å². The largest absolute Gasteiger partial charge is 0.493 e. The Labute approximate surface area is 115 Å². The van der Waals surface area contributed by atoms with Gasteiger partial charge in [0.1, 0.15) is 0 Å². The summed E-state index contributed by atoms with van der Waals surface area (Å²) in [4.78, 5) is 11.4. The average molecular weight is 317 g/mol. The Bertz CT molecular complexity index is 393. The van der Waals surface area contributed by atoms with Crippen LogP contribution in [0.1, 0.15) is 19.8 Å². The van der Waals surface area contributed by atoms with Gasteiger partial charge in [0.05, 0.1) is 18.2 Å². The zero-order valence-electron chi connectivity index (χ0n) is 10.6. The molecule has 0 radical (unpaired) electrons. The highest BCUT2D eigenvalue weighted by Crippen LogP contribution is 2.34. The minimum atomic E-state index is -0.374. The number of benzene rings is 1. The van der Waals surface area contributed by atoms with Gasteiger partial charge in [0.15, 0.2) is 18.1 Å². The highest BCUT2D eigenvalue weighted by Gasteiger charge is 2.11. The minimum absolute atomic E-state index is 0.122. The predicted molar refractivity (Wildman–Crippen MR) is 72.1 cm³/mol. The Morgan fingerprint density at radius 3 is 2.83 bits per heavy atom. The molecule has 1 aromatic rings. The van der Waals surface area contributed by atoms with E-state index in [9.17, 15) is 4.79 Å². The lowest BCUT2D eigenvalue weighted by atomic mass is 10.3. The van der Waals surface area contributed by atoms with Crippen LogP contribution in [0.15, 0.2) is 22.7 Å². The summed E-state index contributed by atoms with van der Waals surface area (Å²) in [6.07, 6.45) is 1.86. The van der Waals surface area contributed by atoms with Crippen LogP contribution in [0.5, 0.6) is 11.5 Å². The molecule has 4 nitrogen and oxygen atoms in total. The van der Waals surface area contributed by atoms with Gasteiger partial charge in [-0.3, -0.25) is 0 Å². The SMILES string of the molecule is CCCCOC(=O)COc1c(Br)cccc1OC. The smallest absolute Gasteiger partial charge is 0.344 e. The van der Waals surface area contributed by atoms with Crippen LogP contribution in [0.4, 0.5) is 0 Å². The summed E-state index contributed by atoms with van der Waals surface area (Å²) in [5, 5.41) is 0. The minimum Gasteiger partial charge on any atom is -0.493 e. The summed E-state index contributed by atoms with van der Waals surface area (Å²) in [6, 6.07) is 5.41. The molecule has 0 heterocycles. The summed E-state index contributed by atoms with van der Waals surface area (Å²) in [7, 11) is 1.55. The molecule has 0 bridgehead atoms. The van der Waals surface area contributed by atoms with Crippen molar-refractivity contribution < 1.29 is 19.0 Å².